The summed E-state index contributed by atoms with van der Waals surface area (Å²) in [5, 5.41) is 7.67. The van der Waals surface area contributed by atoms with Gasteiger partial charge in [0, 0.05) is 11.9 Å². The molecule has 0 saturated heterocycles. The van der Waals surface area contributed by atoms with Crippen molar-refractivity contribution in [1.82, 2.24) is 15.1 Å². The second-order valence-corrected chi connectivity index (χ2v) is 6.48. The van der Waals surface area contributed by atoms with E-state index in [4.69, 9.17) is 5.73 Å². The van der Waals surface area contributed by atoms with Gasteiger partial charge in [0.2, 0.25) is 5.91 Å². The lowest BCUT2D eigenvalue weighted by molar-refractivity contribution is -0.120. The summed E-state index contributed by atoms with van der Waals surface area (Å²) >= 11 is 0. The smallest absolute Gasteiger partial charge is 0.273 e. The third-order valence-corrected chi connectivity index (χ3v) is 4.23. The van der Waals surface area contributed by atoms with Crippen LogP contribution in [-0.4, -0.2) is 33.8 Å². The third kappa shape index (κ3) is 4.35. The zero-order chi connectivity index (χ0) is 18.6. The van der Waals surface area contributed by atoms with Crippen molar-refractivity contribution in [3.8, 4) is 0 Å². The molecule has 1 aromatic carbocycles. The van der Waals surface area contributed by atoms with Gasteiger partial charge in [-0.2, -0.15) is 5.10 Å². The van der Waals surface area contributed by atoms with Crippen molar-refractivity contribution in [3.63, 3.8) is 0 Å². The van der Waals surface area contributed by atoms with Gasteiger partial charge in [-0.05, 0) is 24.8 Å². The Kier molecular flexibility index (Phi) is 6.12. The van der Waals surface area contributed by atoms with Gasteiger partial charge in [0.15, 0.2) is 5.69 Å². The van der Waals surface area contributed by atoms with Gasteiger partial charge in [-0.1, -0.05) is 39.0 Å². The lowest BCUT2D eigenvalue weighted by Gasteiger charge is -2.18. The average Bonchev–Trinajstić information content (AvgIpc) is 2.95. The Morgan fingerprint density at radius 3 is 2.60 bits per heavy atom. The largest absolute Gasteiger partial charge is 0.368 e. The van der Waals surface area contributed by atoms with Crippen LogP contribution in [0.3, 0.4) is 0 Å². The highest BCUT2D eigenvalue weighted by molar-refractivity contribution is 6.06. The summed E-state index contributed by atoms with van der Waals surface area (Å²) in [6.45, 7) is 5.78. The molecule has 0 aliphatic rings. The number of carbonyl (C=O) groups excluding carboxylic acids is 2. The fourth-order valence-corrected chi connectivity index (χ4v) is 2.71. The number of hydrogen-bond acceptors (Lipinski definition) is 3. The second kappa shape index (κ2) is 8.09. The number of primary amides is 1. The molecule has 7 heteroatoms. The van der Waals surface area contributed by atoms with Crippen molar-refractivity contribution in [1.29, 1.82) is 0 Å². The number of aromatic nitrogens is 2. The predicted molar refractivity (Wildman–Crippen MR) is 94.8 cm³/mol. The van der Waals surface area contributed by atoms with Crippen molar-refractivity contribution in [2.24, 2.45) is 11.7 Å². The number of aryl methyl sites for hydroxylation is 1. The summed E-state index contributed by atoms with van der Waals surface area (Å²) in [7, 11) is 0. The standard InChI is InChI=1S/C18H25FN4O2/c1-4-12(19)9-10-23-14-8-6-5-7-13(14)16(22-23)18(25)21-15(11(2)3)17(20)24/h5-8,11-12,15H,4,9-10H2,1-3H3,(H2,20,24)(H,21,25). The minimum Gasteiger partial charge on any atom is -0.368 e. The maximum Gasteiger partial charge on any atom is 0.273 e. The number of carbonyl (C=O) groups is 2. The third-order valence-electron chi connectivity index (χ3n) is 4.23. The van der Waals surface area contributed by atoms with Crippen molar-refractivity contribution in [2.45, 2.75) is 52.4 Å². The maximum absolute atomic E-state index is 13.6. The Balaban J connectivity index is 2.31. The molecule has 2 rings (SSSR count). The number of rotatable bonds is 8. The molecule has 6 nitrogen and oxygen atoms in total. The van der Waals surface area contributed by atoms with Gasteiger partial charge >= 0.3 is 0 Å². The molecule has 2 aromatic rings. The van der Waals surface area contributed by atoms with Gasteiger partial charge in [-0.3, -0.25) is 14.3 Å². The molecular formula is C18H25FN4O2. The summed E-state index contributed by atoms with van der Waals surface area (Å²) in [5.41, 5.74) is 6.33. The first-order chi connectivity index (χ1) is 11.8. The van der Waals surface area contributed by atoms with Crippen LogP contribution in [0, 0.1) is 5.92 Å². The van der Waals surface area contributed by atoms with E-state index in [0.29, 0.717) is 24.8 Å². The molecule has 3 N–H and O–H groups in total. The SMILES string of the molecule is CCC(F)CCn1nc(C(=O)NC(C(N)=O)C(C)C)c2ccccc21. The quantitative estimate of drug-likeness (QED) is 0.767. The minimum absolute atomic E-state index is 0.133. The van der Waals surface area contributed by atoms with Crippen LogP contribution < -0.4 is 11.1 Å². The molecule has 2 amide bonds. The molecule has 136 valence electrons. The normalized spacial score (nSPS) is 13.8. The van der Waals surface area contributed by atoms with Gasteiger partial charge in [0.05, 0.1) is 5.52 Å². The molecule has 2 unspecified atom stereocenters. The zero-order valence-corrected chi connectivity index (χ0v) is 14.8. The fourth-order valence-electron chi connectivity index (χ4n) is 2.71. The Morgan fingerprint density at radius 2 is 2.00 bits per heavy atom. The van der Waals surface area contributed by atoms with Crippen LogP contribution in [0.5, 0.6) is 0 Å². The first-order valence-electron chi connectivity index (χ1n) is 8.54. The Morgan fingerprint density at radius 1 is 1.32 bits per heavy atom. The van der Waals surface area contributed by atoms with Gasteiger partial charge in [0.1, 0.15) is 12.2 Å². The molecular weight excluding hydrogens is 323 g/mol. The summed E-state index contributed by atoms with van der Waals surface area (Å²) in [4.78, 5) is 24.1. The topological polar surface area (TPSA) is 90.0 Å². The summed E-state index contributed by atoms with van der Waals surface area (Å²) in [6.07, 6.45) is -0.124. The fraction of sp³-hybridized carbons (Fsp3) is 0.500. The Hall–Kier alpha value is -2.44. The van der Waals surface area contributed by atoms with E-state index in [9.17, 15) is 14.0 Å². The second-order valence-electron chi connectivity index (χ2n) is 6.48. The summed E-state index contributed by atoms with van der Waals surface area (Å²) in [5.74, 6) is -1.18. The molecule has 0 spiro atoms. The van der Waals surface area contributed by atoms with Crippen LogP contribution in [0.2, 0.25) is 0 Å². The van der Waals surface area contributed by atoms with E-state index in [2.05, 4.69) is 10.4 Å². The predicted octanol–water partition coefficient (Wildman–Crippen LogP) is 2.41. The molecule has 1 heterocycles. The van der Waals surface area contributed by atoms with Gasteiger partial charge < -0.3 is 11.1 Å². The van der Waals surface area contributed by atoms with E-state index in [0.717, 1.165) is 5.52 Å². The number of para-hydroxylation sites is 1. The number of nitrogens with zero attached hydrogens (tertiary/aromatic N) is 2. The molecule has 25 heavy (non-hydrogen) atoms. The lowest BCUT2D eigenvalue weighted by Crippen LogP contribution is -2.47. The van der Waals surface area contributed by atoms with Crippen LogP contribution in [0.1, 0.15) is 44.1 Å². The van der Waals surface area contributed by atoms with Crippen molar-refractivity contribution >= 4 is 22.7 Å². The average molecular weight is 348 g/mol. The number of amides is 2. The first-order valence-corrected chi connectivity index (χ1v) is 8.54. The molecule has 0 saturated carbocycles. The number of fused-ring (bicyclic) bond motifs is 1. The Labute approximate surface area is 146 Å². The number of benzene rings is 1. The molecule has 2 atom stereocenters. The van der Waals surface area contributed by atoms with Crippen molar-refractivity contribution in [3.05, 3.63) is 30.0 Å². The van der Waals surface area contributed by atoms with Crippen molar-refractivity contribution in [2.75, 3.05) is 0 Å². The van der Waals surface area contributed by atoms with E-state index in [1.807, 2.05) is 18.2 Å². The minimum atomic E-state index is -0.902. The van der Waals surface area contributed by atoms with Crippen LogP contribution in [-0.2, 0) is 11.3 Å². The highest BCUT2D eigenvalue weighted by Crippen LogP contribution is 2.20. The highest BCUT2D eigenvalue weighted by Gasteiger charge is 2.25. The molecule has 0 aliphatic carbocycles. The number of alkyl halides is 1. The maximum atomic E-state index is 13.6. The molecule has 0 bridgehead atoms. The molecule has 0 fully saturated rings. The molecule has 0 aliphatic heterocycles. The first kappa shape index (κ1) is 18.9. The van der Waals surface area contributed by atoms with Gasteiger partial charge in [0.25, 0.3) is 5.91 Å². The van der Waals surface area contributed by atoms with E-state index >= 15 is 0 Å². The molecule has 0 radical (unpaired) electrons. The Bertz CT molecular complexity index is 757. The van der Waals surface area contributed by atoms with E-state index in [1.54, 1.807) is 31.5 Å². The zero-order valence-electron chi connectivity index (χ0n) is 14.8. The van der Waals surface area contributed by atoms with E-state index < -0.39 is 24.0 Å². The van der Waals surface area contributed by atoms with Crippen LogP contribution in [0.25, 0.3) is 10.9 Å². The van der Waals surface area contributed by atoms with Crippen LogP contribution >= 0.6 is 0 Å². The monoisotopic (exact) mass is 348 g/mol. The van der Waals surface area contributed by atoms with E-state index in [-0.39, 0.29) is 11.6 Å². The summed E-state index contributed by atoms with van der Waals surface area (Å²) < 4.78 is 15.2. The van der Waals surface area contributed by atoms with Gasteiger partial charge in [-0.25, -0.2) is 4.39 Å². The number of halogens is 1. The number of hydrogen-bond donors (Lipinski definition) is 2. The number of nitrogens with two attached hydrogens (primary N) is 1. The van der Waals surface area contributed by atoms with Crippen molar-refractivity contribution < 1.29 is 14.0 Å². The summed E-state index contributed by atoms with van der Waals surface area (Å²) in [6, 6.07) is 6.51. The van der Waals surface area contributed by atoms with Crippen LogP contribution in [0.15, 0.2) is 24.3 Å². The number of nitrogens with one attached hydrogen (secondary N) is 1. The van der Waals surface area contributed by atoms with E-state index in [1.165, 1.54) is 0 Å². The van der Waals surface area contributed by atoms with Crippen LogP contribution in [0.4, 0.5) is 4.39 Å². The highest BCUT2D eigenvalue weighted by atomic mass is 19.1. The lowest BCUT2D eigenvalue weighted by atomic mass is 10.0. The van der Waals surface area contributed by atoms with Gasteiger partial charge in [-0.15, -0.1) is 0 Å². The molecule has 1 aromatic heterocycles.